The third-order valence-electron chi connectivity index (χ3n) is 4.49. The Morgan fingerprint density at radius 1 is 0.963 bits per heavy atom. The van der Waals surface area contributed by atoms with Crippen LogP contribution in [0.25, 0.3) is 11.4 Å². The molecule has 0 aliphatic heterocycles. The molecule has 1 aromatic carbocycles. The van der Waals surface area contributed by atoms with E-state index in [-0.39, 0.29) is 0 Å². The minimum Gasteiger partial charge on any atom is -0.490 e. The van der Waals surface area contributed by atoms with Gasteiger partial charge in [-0.2, -0.15) is 0 Å². The molecule has 0 aliphatic rings. The molecule has 5 heteroatoms. The molecule has 148 valence electrons. The first kappa shape index (κ1) is 21.3. The van der Waals surface area contributed by atoms with E-state index < -0.39 is 12.3 Å². The summed E-state index contributed by atoms with van der Waals surface area (Å²) in [6.45, 7) is 4.02. The average Bonchev–Trinajstić information content (AvgIpc) is 2.67. The van der Waals surface area contributed by atoms with Crippen LogP contribution >= 0.6 is 0 Å². The lowest BCUT2D eigenvalue weighted by Gasteiger charge is -2.09. The molecule has 0 unspecified atom stereocenters. The van der Waals surface area contributed by atoms with Crippen molar-refractivity contribution in [2.24, 2.45) is 0 Å². The first-order chi connectivity index (χ1) is 13.1. The second-order valence-corrected chi connectivity index (χ2v) is 6.99. The Balaban J connectivity index is 1.79. The zero-order chi connectivity index (χ0) is 19.5. The highest BCUT2D eigenvalue weighted by atomic mass is 19.1. The number of hydrogen-bond donors (Lipinski definition) is 0. The highest BCUT2D eigenvalue weighted by Crippen LogP contribution is 2.19. The van der Waals surface area contributed by atoms with Gasteiger partial charge < -0.3 is 4.74 Å². The summed E-state index contributed by atoms with van der Waals surface area (Å²) in [5, 5.41) is 0. The fraction of sp³-hybridized carbons (Fsp3) is 0.545. The molecule has 1 heterocycles. The smallest absolute Gasteiger partial charge is 0.159 e. The van der Waals surface area contributed by atoms with E-state index in [1.54, 1.807) is 19.3 Å². The Labute approximate surface area is 161 Å². The highest BCUT2D eigenvalue weighted by Gasteiger charge is 2.07. The summed E-state index contributed by atoms with van der Waals surface area (Å²) >= 11 is 0. The maximum Gasteiger partial charge on any atom is 0.159 e. The van der Waals surface area contributed by atoms with Crippen LogP contribution < -0.4 is 4.74 Å². The molecule has 0 amide bonds. The van der Waals surface area contributed by atoms with Crippen LogP contribution in [0.3, 0.4) is 0 Å². The molecular formula is C22H30F2N2O. The van der Waals surface area contributed by atoms with Gasteiger partial charge in [0, 0.05) is 12.0 Å². The van der Waals surface area contributed by atoms with Crippen molar-refractivity contribution in [3.63, 3.8) is 0 Å². The van der Waals surface area contributed by atoms with Crippen molar-refractivity contribution in [3.05, 3.63) is 42.2 Å². The van der Waals surface area contributed by atoms with Crippen molar-refractivity contribution >= 4 is 0 Å². The monoisotopic (exact) mass is 376 g/mol. The second-order valence-electron chi connectivity index (χ2n) is 6.99. The van der Waals surface area contributed by atoms with Crippen LogP contribution in [0, 0.1) is 0 Å². The fourth-order valence-corrected chi connectivity index (χ4v) is 2.79. The largest absolute Gasteiger partial charge is 0.490 e. The molecule has 2 atom stereocenters. The molecule has 0 spiro atoms. The molecule has 3 nitrogen and oxygen atoms in total. The van der Waals surface area contributed by atoms with E-state index in [9.17, 15) is 8.78 Å². The van der Waals surface area contributed by atoms with Crippen molar-refractivity contribution in [3.8, 4) is 17.1 Å². The Morgan fingerprint density at radius 3 is 2.30 bits per heavy atom. The Bertz CT molecular complexity index is 644. The van der Waals surface area contributed by atoms with Crippen LogP contribution in [0.4, 0.5) is 8.78 Å². The first-order valence-electron chi connectivity index (χ1n) is 9.90. The van der Waals surface area contributed by atoms with Crippen molar-refractivity contribution < 1.29 is 13.5 Å². The molecule has 0 radical (unpaired) electrons. The van der Waals surface area contributed by atoms with E-state index >= 15 is 0 Å². The molecule has 0 aliphatic carbocycles. The maximum atomic E-state index is 13.7. The molecule has 1 aromatic heterocycles. The predicted molar refractivity (Wildman–Crippen MR) is 106 cm³/mol. The van der Waals surface area contributed by atoms with Gasteiger partial charge in [0.2, 0.25) is 0 Å². The number of ether oxygens (including phenoxy) is 1. The SMILES string of the molecule is CCCCC[C@@H](F)CCOc1cnc(-c2ccc(CC[C@@H](C)F)cc2)nc1. The number of alkyl halides is 2. The standard InChI is InChI=1S/C22H30F2N2O/c1-3-4-5-6-20(24)13-14-27-21-15-25-22(26-16-21)19-11-9-18(10-12-19)8-7-17(2)23/h9-12,15-17,20H,3-8,13-14H2,1-2H3/t17-,20-/m1/s1. The van der Waals surface area contributed by atoms with Gasteiger partial charge in [0.25, 0.3) is 0 Å². The number of hydrogen-bond acceptors (Lipinski definition) is 3. The van der Waals surface area contributed by atoms with E-state index in [1.807, 2.05) is 24.3 Å². The number of aromatic nitrogens is 2. The van der Waals surface area contributed by atoms with Crippen LogP contribution in [0.5, 0.6) is 5.75 Å². The molecule has 27 heavy (non-hydrogen) atoms. The summed E-state index contributed by atoms with van der Waals surface area (Å²) in [5.41, 5.74) is 2.00. The minimum absolute atomic E-state index is 0.331. The quantitative estimate of drug-likeness (QED) is 0.419. The summed E-state index contributed by atoms with van der Waals surface area (Å²) in [7, 11) is 0. The van der Waals surface area contributed by atoms with E-state index in [4.69, 9.17) is 4.74 Å². The fourth-order valence-electron chi connectivity index (χ4n) is 2.79. The lowest BCUT2D eigenvalue weighted by Crippen LogP contribution is -2.08. The number of unbranched alkanes of at least 4 members (excludes halogenated alkanes) is 2. The van der Waals surface area contributed by atoms with Gasteiger partial charge >= 0.3 is 0 Å². The third kappa shape index (κ3) is 8.02. The summed E-state index contributed by atoms with van der Waals surface area (Å²) < 4.78 is 32.2. The van der Waals surface area contributed by atoms with Crippen LogP contribution in [0.15, 0.2) is 36.7 Å². The summed E-state index contributed by atoms with van der Waals surface area (Å²) in [6.07, 6.45) is 6.99. The van der Waals surface area contributed by atoms with Crippen LogP contribution in [-0.4, -0.2) is 28.9 Å². The number of nitrogens with zero attached hydrogens (tertiary/aromatic N) is 2. The van der Waals surface area contributed by atoms with E-state index in [1.165, 1.54) is 0 Å². The van der Waals surface area contributed by atoms with Crippen molar-refractivity contribution in [2.75, 3.05) is 6.61 Å². The van der Waals surface area contributed by atoms with Crippen molar-refractivity contribution in [2.45, 2.75) is 71.1 Å². The van der Waals surface area contributed by atoms with Gasteiger partial charge in [-0.3, -0.25) is 0 Å². The third-order valence-corrected chi connectivity index (χ3v) is 4.49. The van der Waals surface area contributed by atoms with Crippen LogP contribution in [0.2, 0.25) is 0 Å². The topological polar surface area (TPSA) is 35.0 Å². The van der Waals surface area contributed by atoms with Crippen molar-refractivity contribution in [1.82, 2.24) is 9.97 Å². The van der Waals surface area contributed by atoms with Gasteiger partial charge in [0.15, 0.2) is 11.6 Å². The average molecular weight is 376 g/mol. The van der Waals surface area contributed by atoms with Gasteiger partial charge in [-0.25, -0.2) is 18.7 Å². The number of benzene rings is 1. The van der Waals surface area contributed by atoms with E-state index in [2.05, 4.69) is 16.9 Å². The molecule has 0 saturated carbocycles. The van der Waals surface area contributed by atoms with Gasteiger partial charge in [-0.15, -0.1) is 0 Å². The first-order valence-corrected chi connectivity index (χ1v) is 9.90. The summed E-state index contributed by atoms with van der Waals surface area (Å²) in [5.74, 6) is 1.16. The zero-order valence-corrected chi connectivity index (χ0v) is 16.3. The van der Waals surface area contributed by atoms with Gasteiger partial charge in [-0.05, 0) is 31.7 Å². The van der Waals surface area contributed by atoms with Crippen LogP contribution in [-0.2, 0) is 6.42 Å². The maximum absolute atomic E-state index is 13.7. The number of rotatable bonds is 12. The molecular weight excluding hydrogens is 346 g/mol. The Kier molecular flexibility index (Phi) is 9.16. The number of halogens is 2. The normalized spacial score (nSPS) is 13.3. The van der Waals surface area contributed by atoms with Gasteiger partial charge in [-0.1, -0.05) is 50.5 Å². The summed E-state index contributed by atoms with van der Waals surface area (Å²) in [6, 6.07) is 7.84. The van der Waals surface area contributed by atoms with Crippen LogP contribution in [0.1, 0.15) is 57.9 Å². The minimum atomic E-state index is -0.810. The zero-order valence-electron chi connectivity index (χ0n) is 16.3. The predicted octanol–water partition coefficient (Wildman–Crippen LogP) is 6.12. The molecule has 2 aromatic rings. The Morgan fingerprint density at radius 2 is 1.67 bits per heavy atom. The second kappa shape index (κ2) is 11.6. The summed E-state index contributed by atoms with van der Waals surface area (Å²) in [4.78, 5) is 8.64. The lowest BCUT2D eigenvalue weighted by molar-refractivity contribution is 0.222. The molecule has 0 fully saturated rings. The highest BCUT2D eigenvalue weighted by molar-refractivity contribution is 5.55. The molecule has 2 rings (SSSR count). The number of aryl methyl sites for hydroxylation is 1. The van der Waals surface area contributed by atoms with Gasteiger partial charge in [0.1, 0.15) is 6.17 Å². The lowest BCUT2D eigenvalue weighted by atomic mass is 10.1. The Hall–Kier alpha value is -2.04. The molecule has 0 bridgehead atoms. The van der Waals surface area contributed by atoms with Crippen molar-refractivity contribution in [1.29, 1.82) is 0 Å². The molecule has 0 saturated heterocycles. The molecule has 0 N–H and O–H groups in total. The van der Waals surface area contributed by atoms with E-state index in [0.29, 0.717) is 37.4 Å². The van der Waals surface area contributed by atoms with Gasteiger partial charge in [0.05, 0.1) is 25.2 Å². The van der Waals surface area contributed by atoms with E-state index in [0.717, 1.165) is 36.8 Å².